The summed E-state index contributed by atoms with van der Waals surface area (Å²) in [6, 6.07) is 4.69. The molecule has 1 aliphatic heterocycles. The summed E-state index contributed by atoms with van der Waals surface area (Å²) in [5, 5.41) is 1.28. The van der Waals surface area contributed by atoms with Gasteiger partial charge in [-0.25, -0.2) is 4.79 Å². The summed E-state index contributed by atoms with van der Waals surface area (Å²) in [5.41, 5.74) is 3.06. The van der Waals surface area contributed by atoms with Gasteiger partial charge in [0.1, 0.15) is 5.75 Å². The van der Waals surface area contributed by atoms with E-state index in [-0.39, 0.29) is 17.3 Å². The molecule has 5 rings (SSSR count). The fraction of sp³-hybridized carbons (Fsp3) is 0.750. The number of hydrogen-bond donors (Lipinski definition) is 0. The minimum atomic E-state index is -1.72. The lowest BCUT2D eigenvalue weighted by Gasteiger charge is -2.53. The van der Waals surface area contributed by atoms with Gasteiger partial charge in [0, 0.05) is 24.9 Å². The summed E-state index contributed by atoms with van der Waals surface area (Å²) in [4.78, 5) is 14.6. The fourth-order valence-electron chi connectivity index (χ4n) is 7.80. The molecule has 5 nitrogen and oxygen atoms in total. The van der Waals surface area contributed by atoms with Crippen LogP contribution in [-0.2, 0) is 15.9 Å². The number of nitrogens with zero attached hydrogens (tertiary/aromatic N) is 1. The molecule has 1 amide bonds. The van der Waals surface area contributed by atoms with E-state index in [0.717, 1.165) is 31.8 Å². The molecule has 188 valence electrons. The second-order valence-corrected chi connectivity index (χ2v) is 17.2. The van der Waals surface area contributed by atoms with Gasteiger partial charge in [-0.15, -0.1) is 0 Å². The zero-order valence-electron chi connectivity index (χ0n) is 22.0. The van der Waals surface area contributed by atoms with Crippen molar-refractivity contribution in [1.29, 1.82) is 0 Å². The Bertz CT molecular complexity index is 946. The van der Waals surface area contributed by atoms with Crippen LogP contribution >= 0.6 is 0 Å². The molecule has 3 aliphatic carbocycles. The molecule has 2 saturated carbocycles. The number of carbonyl (C=O) groups is 1. The van der Waals surface area contributed by atoms with Crippen molar-refractivity contribution in [3.63, 3.8) is 0 Å². The Morgan fingerprint density at radius 1 is 1.09 bits per heavy atom. The van der Waals surface area contributed by atoms with Gasteiger partial charge in [-0.3, -0.25) is 0 Å². The fourth-order valence-corrected chi connectivity index (χ4v) is 9.25. The second-order valence-electron chi connectivity index (χ2n) is 12.2. The molecule has 1 saturated heterocycles. The van der Waals surface area contributed by atoms with Crippen molar-refractivity contribution in [2.75, 3.05) is 26.3 Å². The van der Waals surface area contributed by atoms with Crippen molar-refractivity contribution in [3.8, 4) is 5.75 Å². The molecular weight excluding hydrogens is 442 g/mol. The number of hydrogen-bond acceptors (Lipinski definition) is 4. The summed E-state index contributed by atoms with van der Waals surface area (Å²) in [5.74, 6) is 2.42. The van der Waals surface area contributed by atoms with E-state index >= 15 is 0 Å². The summed E-state index contributed by atoms with van der Waals surface area (Å²) in [6.07, 6.45) is 6.68. The highest BCUT2D eigenvalue weighted by Gasteiger charge is 2.65. The van der Waals surface area contributed by atoms with Gasteiger partial charge in [0.25, 0.3) is 0 Å². The molecular formula is C28H43NO4Si. The first-order chi connectivity index (χ1) is 16.1. The number of benzene rings is 1. The van der Waals surface area contributed by atoms with Crippen LogP contribution in [0.3, 0.4) is 0 Å². The van der Waals surface area contributed by atoms with Gasteiger partial charge in [0.15, 0.2) is 5.79 Å². The van der Waals surface area contributed by atoms with Crippen LogP contribution in [-0.4, -0.2) is 51.2 Å². The highest BCUT2D eigenvalue weighted by Crippen LogP contribution is 2.66. The Morgan fingerprint density at radius 3 is 2.44 bits per heavy atom. The third-order valence-electron chi connectivity index (χ3n) is 9.65. The van der Waals surface area contributed by atoms with Gasteiger partial charge in [-0.1, -0.05) is 32.6 Å². The third kappa shape index (κ3) is 3.67. The van der Waals surface area contributed by atoms with Crippen LogP contribution in [0.1, 0.15) is 69.9 Å². The van der Waals surface area contributed by atoms with Gasteiger partial charge in [-0.05, 0) is 86.1 Å². The molecule has 1 heterocycles. The minimum Gasteiger partial charge on any atom is -0.410 e. The molecule has 0 N–H and O–H groups in total. The summed E-state index contributed by atoms with van der Waals surface area (Å²) < 4.78 is 18.7. The highest BCUT2D eigenvalue weighted by atomic mass is 28.3. The Balaban J connectivity index is 1.48. The minimum absolute atomic E-state index is 0.128. The van der Waals surface area contributed by atoms with E-state index in [0.29, 0.717) is 30.8 Å². The van der Waals surface area contributed by atoms with Gasteiger partial charge in [-0.2, -0.15) is 0 Å². The third-order valence-corrected chi connectivity index (χ3v) is 11.7. The quantitative estimate of drug-likeness (QED) is 0.516. The Hall–Kier alpha value is -1.37. The lowest BCUT2D eigenvalue weighted by molar-refractivity contribution is -0.237. The van der Waals surface area contributed by atoms with E-state index in [4.69, 9.17) is 14.2 Å². The van der Waals surface area contributed by atoms with Crippen LogP contribution in [0.4, 0.5) is 4.79 Å². The molecule has 4 atom stereocenters. The van der Waals surface area contributed by atoms with Gasteiger partial charge in [0.05, 0.1) is 21.3 Å². The average Bonchev–Trinajstić information content (AvgIpc) is 3.39. The number of aryl methyl sites for hydroxylation is 1. The van der Waals surface area contributed by atoms with Crippen molar-refractivity contribution in [3.05, 3.63) is 23.3 Å². The number of carbonyl (C=O) groups excluding carboxylic acids is 1. The van der Waals surface area contributed by atoms with E-state index in [9.17, 15) is 4.79 Å². The van der Waals surface area contributed by atoms with Gasteiger partial charge < -0.3 is 19.1 Å². The lowest BCUT2D eigenvalue weighted by Crippen LogP contribution is -2.51. The largest absolute Gasteiger partial charge is 0.415 e. The van der Waals surface area contributed by atoms with Crippen LogP contribution in [0.5, 0.6) is 5.75 Å². The maximum absolute atomic E-state index is 12.8. The number of rotatable bonds is 4. The van der Waals surface area contributed by atoms with E-state index in [1.807, 2.05) is 13.8 Å². The zero-order valence-corrected chi connectivity index (χ0v) is 23.0. The molecule has 0 bridgehead atoms. The second kappa shape index (κ2) is 8.63. The summed E-state index contributed by atoms with van der Waals surface area (Å²) in [6.45, 7) is 16.4. The maximum atomic E-state index is 12.8. The lowest BCUT2D eigenvalue weighted by atomic mass is 9.55. The average molecular weight is 486 g/mol. The van der Waals surface area contributed by atoms with E-state index < -0.39 is 8.07 Å². The SMILES string of the molecule is CCN(CC)C(=O)Oc1cc2c(cc1[Si](C)(C)C)[C@H]1CC[C@@]3(C)[C@@H](CCC34OCCO4)[C@@H]1CC2. The molecule has 0 radical (unpaired) electrons. The number of fused-ring (bicyclic) bond motifs is 6. The zero-order chi connectivity index (χ0) is 24.3. The van der Waals surface area contributed by atoms with Crippen LogP contribution in [0.15, 0.2) is 12.1 Å². The van der Waals surface area contributed by atoms with Crippen LogP contribution in [0, 0.1) is 17.3 Å². The van der Waals surface area contributed by atoms with Gasteiger partial charge in [0.2, 0.25) is 0 Å². The van der Waals surface area contributed by atoms with E-state index in [1.54, 1.807) is 4.90 Å². The van der Waals surface area contributed by atoms with Crippen LogP contribution in [0.2, 0.25) is 19.6 Å². The number of amides is 1. The normalized spacial score (nSPS) is 31.6. The van der Waals surface area contributed by atoms with E-state index in [2.05, 4.69) is 38.7 Å². The smallest absolute Gasteiger partial charge is 0.410 e. The van der Waals surface area contributed by atoms with E-state index in [1.165, 1.54) is 42.0 Å². The van der Waals surface area contributed by atoms with Gasteiger partial charge >= 0.3 is 6.09 Å². The van der Waals surface area contributed by atoms with Crippen molar-refractivity contribution in [2.24, 2.45) is 17.3 Å². The van der Waals surface area contributed by atoms with Crippen molar-refractivity contribution >= 4 is 19.4 Å². The summed E-state index contributed by atoms with van der Waals surface area (Å²) >= 11 is 0. The first-order valence-electron chi connectivity index (χ1n) is 13.6. The molecule has 1 spiro atoms. The van der Waals surface area contributed by atoms with Crippen molar-refractivity contribution in [1.82, 2.24) is 4.90 Å². The molecule has 6 heteroatoms. The molecule has 1 aromatic carbocycles. The Morgan fingerprint density at radius 2 is 1.79 bits per heavy atom. The highest BCUT2D eigenvalue weighted by molar-refractivity contribution is 6.89. The first-order valence-corrected chi connectivity index (χ1v) is 17.1. The molecule has 34 heavy (non-hydrogen) atoms. The Labute approximate surface area is 206 Å². The molecule has 0 aromatic heterocycles. The summed E-state index contributed by atoms with van der Waals surface area (Å²) in [7, 11) is -1.72. The first kappa shape index (κ1) is 24.3. The standard InChI is InChI=1S/C28H43NO4Si/c1-7-29(8-2)26(30)33-24-17-19-9-10-21-20(22(19)18-25(24)34(4,5)6)11-13-27(3)23(21)12-14-28(27)31-15-16-32-28/h17-18,20-21,23H,7-16H2,1-6H3/t20-,21+,23-,27-/m0/s1. The van der Waals surface area contributed by atoms with Crippen molar-refractivity contribution in [2.45, 2.75) is 90.6 Å². The van der Waals surface area contributed by atoms with Crippen LogP contribution in [0.25, 0.3) is 0 Å². The maximum Gasteiger partial charge on any atom is 0.415 e. The Kier molecular flexibility index (Phi) is 6.18. The predicted octanol–water partition coefficient (Wildman–Crippen LogP) is 5.67. The predicted molar refractivity (Wildman–Crippen MR) is 138 cm³/mol. The number of ether oxygens (including phenoxy) is 3. The van der Waals surface area contributed by atoms with Crippen molar-refractivity contribution < 1.29 is 19.0 Å². The topological polar surface area (TPSA) is 48.0 Å². The molecule has 3 fully saturated rings. The molecule has 0 unspecified atom stereocenters. The van der Waals surface area contributed by atoms with Crippen LogP contribution < -0.4 is 9.92 Å². The molecule has 1 aromatic rings. The monoisotopic (exact) mass is 485 g/mol. The molecule has 4 aliphatic rings.